The highest BCUT2D eigenvalue weighted by Gasteiger charge is 2.29. The molecule has 3 rings (SSSR count). The summed E-state index contributed by atoms with van der Waals surface area (Å²) in [5, 5.41) is 0. The number of carbonyl (C=O) groups is 1. The fourth-order valence-electron chi connectivity index (χ4n) is 3.12. The van der Waals surface area contributed by atoms with Crippen molar-refractivity contribution in [2.24, 2.45) is 0 Å². The van der Waals surface area contributed by atoms with Gasteiger partial charge in [-0.05, 0) is 24.0 Å². The first-order valence-electron chi connectivity index (χ1n) is 7.17. The van der Waals surface area contributed by atoms with Crippen LogP contribution in [0.25, 0.3) is 0 Å². The summed E-state index contributed by atoms with van der Waals surface area (Å²) < 4.78 is 6.77. The van der Waals surface area contributed by atoms with E-state index in [9.17, 15) is 4.79 Å². The number of imidazole rings is 1. The van der Waals surface area contributed by atoms with Crippen molar-refractivity contribution in [1.29, 1.82) is 0 Å². The summed E-state index contributed by atoms with van der Waals surface area (Å²) >= 11 is 0. The predicted molar refractivity (Wildman–Crippen MR) is 80.2 cm³/mol. The van der Waals surface area contributed by atoms with Gasteiger partial charge in [-0.3, -0.25) is 0 Å². The molecule has 0 amide bonds. The van der Waals surface area contributed by atoms with Crippen molar-refractivity contribution >= 4 is 11.8 Å². The van der Waals surface area contributed by atoms with Crippen LogP contribution < -0.4 is 5.73 Å². The number of esters is 1. The van der Waals surface area contributed by atoms with E-state index in [2.05, 4.69) is 29.2 Å². The van der Waals surface area contributed by atoms with Gasteiger partial charge in [0, 0.05) is 12.5 Å². The zero-order chi connectivity index (χ0) is 15.0. The Bertz CT molecular complexity index is 666. The van der Waals surface area contributed by atoms with Crippen LogP contribution in [0.2, 0.25) is 0 Å². The van der Waals surface area contributed by atoms with Gasteiger partial charge in [-0.2, -0.15) is 0 Å². The van der Waals surface area contributed by atoms with E-state index in [1.165, 1.54) is 18.2 Å². The van der Waals surface area contributed by atoms with Crippen LogP contribution in [0, 0.1) is 0 Å². The van der Waals surface area contributed by atoms with Crippen molar-refractivity contribution in [3.63, 3.8) is 0 Å². The second-order valence-electron chi connectivity index (χ2n) is 5.31. The molecule has 110 valence electrons. The van der Waals surface area contributed by atoms with E-state index in [1.54, 1.807) is 0 Å². The van der Waals surface area contributed by atoms with Gasteiger partial charge in [0.15, 0.2) is 5.69 Å². The highest BCUT2D eigenvalue weighted by atomic mass is 16.5. The molecule has 0 radical (unpaired) electrons. The summed E-state index contributed by atoms with van der Waals surface area (Å²) in [6, 6.07) is 8.63. The molecule has 2 aromatic rings. The van der Waals surface area contributed by atoms with Crippen LogP contribution in [-0.4, -0.2) is 22.6 Å². The second kappa shape index (κ2) is 5.24. The van der Waals surface area contributed by atoms with Crippen molar-refractivity contribution in [3.8, 4) is 0 Å². The molecule has 0 unspecified atom stereocenters. The molecular weight excluding hydrogens is 266 g/mol. The first-order chi connectivity index (χ1) is 10.2. The number of hydrogen-bond donors (Lipinski definition) is 1. The van der Waals surface area contributed by atoms with E-state index in [-0.39, 0.29) is 11.7 Å². The number of aromatic nitrogens is 2. The lowest BCUT2D eigenvalue weighted by molar-refractivity contribution is 0.0595. The molecule has 1 aliphatic rings. The summed E-state index contributed by atoms with van der Waals surface area (Å²) in [5.41, 5.74) is 9.09. The number of aryl methyl sites for hydroxylation is 1. The van der Waals surface area contributed by atoms with Gasteiger partial charge in [0.25, 0.3) is 0 Å². The molecular formula is C16H19N3O2. The van der Waals surface area contributed by atoms with Crippen LogP contribution in [0.15, 0.2) is 24.3 Å². The second-order valence-corrected chi connectivity index (χ2v) is 5.31. The van der Waals surface area contributed by atoms with Crippen molar-refractivity contribution in [2.75, 3.05) is 12.8 Å². The van der Waals surface area contributed by atoms with Crippen LogP contribution in [0.1, 0.15) is 40.4 Å². The summed E-state index contributed by atoms with van der Waals surface area (Å²) in [6.45, 7) is 2.02. The van der Waals surface area contributed by atoms with Gasteiger partial charge in [-0.1, -0.05) is 31.2 Å². The SMILES string of the molecule is CCc1nc(C(=O)OC)c(N)n1C1Cc2ccccc2C1. The Kier molecular flexibility index (Phi) is 3.41. The first-order valence-corrected chi connectivity index (χ1v) is 7.17. The van der Waals surface area contributed by atoms with Gasteiger partial charge >= 0.3 is 5.97 Å². The number of nitrogen functional groups attached to an aromatic ring is 1. The first kappa shape index (κ1) is 13.7. The van der Waals surface area contributed by atoms with Crippen LogP contribution >= 0.6 is 0 Å². The highest BCUT2D eigenvalue weighted by Crippen LogP contribution is 2.33. The third kappa shape index (κ3) is 2.18. The predicted octanol–water partition coefficient (Wildman–Crippen LogP) is 2.15. The molecule has 1 aliphatic carbocycles. The monoisotopic (exact) mass is 285 g/mol. The van der Waals surface area contributed by atoms with Crippen molar-refractivity contribution in [3.05, 3.63) is 46.9 Å². The largest absolute Gasteiger partial charge is 0.464 e. The van der Waals surface area contributed by atoms with Crippen molar-refractivity contribution in [2.45, 2.75) is 32.2 Å². The molecule has 0 aliphatic heterocycles. The van der Waals surface area contributed by atoms with Gasteiger partial charge in [0.2, 0.25) is 0 Å². The van der Waals surface area contributed by atoms with Gasteiger partial charge in [0.05, 0.1) is 7.11 Å². The number of nitrogens with zero attached hydrogens (tertiary/aromatic N) is 2. The average Bonchev–Trinajstić information content (AvgIpc) is 3.06. The summed E-state index contributed by atoms with van der Waals surface area (Å²) in [6.07, 6.45) is 2.57. The molecule has 1 aromatic heterocycles. The Morgan fingerprint density at radius 2 is 2.00 bits per heavy atom. The molecule has 5 heteroatoms. The molecule has 5 nitrogen and oxygen atoms in total. The molecule has 0 saturated carbocycles. The number of rotatable bonds is 3. The highest BCUT2D eigenvalue weighted by molar-refractivity contribution is 5.92. The maximum absolute atomic E-state index is 11.8. The van der Waals surface area contributed by atoms with E-state index < -0.39 is 5.97 Å². The molecule has 1 heterocycles. The van der Waals surface area contributed by atoms with Crippen molar-refractivity contribution in [1.82, 2.24) is 9.55 Å². The van der Waals surface area contributed by atoms with E-state index in [0.29, 0.717) is 5.82 Å². The molecule has 0 saturated heterocycles. The third-order valence-corrected chi connectivity index (χ3v) is 4.11. The van der Waals surface area contributed by atoms with E-state index in [4.69, 9.17) is 10.5 Å². The zero-order valence-electron chi connectivity index (χ0n) is 12.3. The lowest BCUT2D eigenvalue weighted by Gasteiger charge is -2.16. The van der Waals surface area contributed by atoms with Crippen LogP contribution in [-0.2, 0) is 24.0 Å². The smallest absolute Gasteiger partial charge is 0.360 e. The van der Waals surface area contributed by atoms with E-state index >= 15 is 0 Å². The Balaban J connectivity index is 2.00. The Labute approximate surface area is 123 Å². The number of benzene rings is 1. The maximum Gasteiger partial charge on any atom is 0.360 e. The number of nitrogens with two attached hydrogens (primary N) is 1. The van der Waals surface area contributed by atoms with Crippen LogP contribution in [0.4, 0.5) is 5.82 Å². The minimum absolute atomic E-state index is 0.225. The minimum Gasteiger partial charge on any atom is -0.464 e. The number of carbonyl (C=O) groups excluding carboxylic acids is 1. The number of fused-ring (bicyclic) bond motifs is 1. The number of ether oxygens (including phenoxy) is 1. The fourth-order valence-corrected chi connectivity index (χ4v) is 3.12. The van der Waals surface area contributed by atoms with Crippen molar-refractivity contribution < 1.29 is 9.53 Å². The molecule has 0 fully saturated rings. The Morgan fingerprint density at radius 3 is 2.52 bits per heavy atom. The van der Waals surface area contributed by atoms with Crippen LogP contribution in [0.5, 0.6) is 0 Å². The van der Waals surface area contributed by atoms with Gasteiger partial charge in [-0.15, -0.1) is 0 Å². The van der Waals surface area contributed by atoms with E-state index in [0.717, 1.165) is 25.1 Å². The normalized spacial score (nSPS) is 14.2. The quantitative estimate of drug-likeness (QED) is 0.877. The minimum atomic E-state index is -0.475. The van der Waals surface area contributed by atoms with E-state index in [1.807, 2.05) is 11.5 Å². The maximum atomic E-state index is 11.8. The topological polar surface area (TPSA) is 70.1 Å². The molecule has 21 heavy (non-hydrogen) atoms. The summed E-state index contributed by atoms with van der Waals surface area (Å²) in [5.74, 6) is 0.777. The average molecular weight is 285 g/mol. The van der Waals surface area contributed by atoms with Gasteiger partial charge in [-0.25, -0.2) is 9.78 Å². The molecule has 2 N–H and O–H groups in total. The summed E-state index contributed by atoms with van der Waals surface area (Å²) in [4.78, 5) is 16.1. The number of hydrogen-bond acceptors (Lipinski definition) is 4. The molecule has 0 bridgehead atoms. The fraction of sp³-hybridized carbons (Fsp3) is 0.375. The zero-order valence-corrected chi connectivity index (χ0v) is 12.3. The molecule has 0 spiro atoms. The molecule has 1 aromatic carbocycles. The Morgan fingerprint density at radius 1 is 1.38 bits per heavy atom. The third-order valence-electron chi connectivity index (χ3n) is 4.11. The number of anilines is 1. The van der Waals surface area contributed by atoms with Crippen LogP contribution in [0.3, 0.4) is 0 Å². The van der Waals surface area contributed by atoms with Gasteiger partial charge < -0.3 is 15.0 Å². The molecule has 0 atom stereocenters. The summed E-state index contributed by atoms with van der Waals surface area (Å²) in [7, 11) is 1.35. The lowest BCUT2D eigenvalue weighted by atomic mass is 10.1. The number of methoxy groups -OCH3 is 1. The lowest BCUT2D eigenvalue weighted by Crippen LogP contribution is -2.15. The Hall–Kier alpha value is -2.30. The van der Waals surface area contributed by atoms with Gasteiger partial charge in [0.1, 0.15) is 11.6 Å². The standard InChI is InChI=1S/C16H19N3O2/c1-3-13-18-14(16(20)21-2)15(17)19(13)12-8-10-6-4-5-7-11(10)9-12/h4-7,12H,3,8-9,17H2,1-2H3.